The molecule has 0 unspecified atom stereocenters. The molecule has 5 rings (SSSR count). The van der Waals surface area contributed by atoms with Crippen molar-refractivity contribution in [2.75, 3.05) is 6.61 Å². The number of nitriles is 1. The summed E-state index contributed by atoms with van der Waals surface area (Å²) in [5.74, 6) is 0.918. The number of para-hydroxylation sites is 2. The summed E-state index contributed by atoms with van der Waals surface area (Å²) >= 11 is 0. The smallest absolute Gasteiger partial charge is 0.259 e. The Hall–Kier alpha value is -5.22. The molecule has 0 aliphatic carbocycles. The SMILES string of the molecule is C=CCOc1ccc(-c2nn(-c3ccccc3)cc2C=C(C#N)c2nc3ccccc3c(=O)[nH]2)cc1. The van der Waals surface area contributed by atoms with E-state index in [1.807, 2.05) is 60.8 Å². The van der Waals surface area contributed by atoms with Gasteiger partial charge in [-0.25, -0.2) is 9.67 Å². The van der Waals surface area contributed by atoms with Gasteiger partial charge in [0.15, 0.2) is 5.82 Å². The maximum atomic E-state index is 12.6. The van der Waals surface area contributed by atoms with Gasteiger partial charge in [0.25, 0.3) is 5.56 Å². The number of allylic oxidation sites excluding steroid dienone is 1. The van der Waals surface area contributed by atoms with E-state index in [2.05, 4.69) is 22.6 Å². The first kappa shape index (κ1) is 22.6. The van der Waals surface area contributed by atoms with E-state index in [1.165, 1.54) is 0 Å². The summed E-state index contributed by atoms with van der Waals surface area (Å²) in [6, 6.07) is 26.5. The molecule has 0 saturated heterocycles. The summed E-state index contributed by atoms with van der Waals surface area (Å²) in [4.78, 5) is 19.8. The molecule has 0 bridgehead atoms. The van der Waals surface area contributed by atoms with E-state index >= 15 is 0 Å². The molecule has 7 heteroatoms. The fraction of sp³-hybridized carbons (Fsp3) is 0.0345. The molecule has 0 amide bonds. The molecule has 2 aromatic heterocycles. The molecule has 174 valence electrons. The zero-order valence-corrected chi connectivity index (χ0v) is 19.3. The minimum atomic E-state index is -0.299. The lowest BCUT2D eigenvalue weighted by Crippen LogP contribution is -2.11. The van der Waals surface area contributed by atoms with Gasteiger partial charge in [-0.05, 0) is 54.6 Å². The Kier molecular flexibility index (Phi) is 6.24. The van der Waals surface area contributed by atoms with Gasteiger partial charge in [0.1, 0.15) is 18.4 Å². The fourth-order valence-corrected chi connectivity index (χ4v) is 3.82. The monoisotopic (exact) mass is 471 g/mol. The van der Waals surface area contributed by atoms with Crippen molar-refractivity contribution in [1.29, 1.82) is 5.26 Å². The summed E-state index contributed by atoms with van der Waals surface area (Å²) in [7, 11) is 0. The lowest BCUT2D eigenvalue weighted by Gasteiger charge is -2.05. The largest absolute Gasteiger partial charge is 0.490 e. The van der Waals surface area contributed by atoms with Crippen molar-refractivity contribution in [2.24, 2.45) is 0 Å². The first-order valence-corrected chi connectivity index (χ1v) is 11.3. The number of H-pyrrole nitrogens is 1. The van der Waals surface area contributed by atoms with Crippen molar-refractivity contribution in [2.45, 2.75) is 0 Å². The number of nitrogens with zero attached hydrogens (tertiary/aromatic N) is 4. The van der Waals surface area contributed by atoms with E-state index in [1.54, 1.807) is 41.1 Å². The Morgan fingerprint density at radius 1 is 1.06 bits per heavy atom. The molecular formula is C29H21N5O2. The third-order valence-corrected chi connectivity index (χ3v) is 5.55. The van der Waals surface area contributed by atoms with E-state index < -0.39 is 0 Å². The van der Waals surface area contributed by atoms with Gasteiger partial charge in [0, 0.05) is 17.3 Å². The van der Waals surface area contributed by atoms with Crippen molar-refractivity contribution in [1.82, 2.24) is 19.7 Å². The molecule has 0 fully saturated rings. The summed E-state index contributed by atoms with van der Waals surface area (Å²) in [5, 5.41) is 15.2. The van der Waals surface area contributed by atoms with Crippen LogP contribution in [0.3, 0.4) is 0 Å². The first-order chi connectivity index (χ1) is 17.7. The molecular weight excluding hydrogens is 450 g/mol. The first-order valence-electron chi connectivity index (χ1n) is 11.3. The van der Waals surface area contributed by atoms with Gasteiger partial charge in [-0.1, -0.05) is 43.0 Å². The molecule has 2 heterocycles. The van der Waals surface area contributed by atoms with Gasteiger partial charge in [0.05, 0.1) is 27.9 Å². The normalized spacial score (nSPS) is 11.2. The molecule has 0 aliphatic heterocycles. The van der Waals surface area contributed by atoms with Crippen molar-refractivity contribution >= 4 is 22.6 Å². The molecule has 7 nitrogen and oxygen atoms in total. The van der Waals surface area contributed by atoms with Gasteiger partial charge >= 0.3 is 0 Å². The second kappa shape index (κ2) is 9.95. The van der Waals surface area contributed by atoms with Crippen LogP contribution in [0, 0.1) is 11.3 Å². The van der Waals surface area contributed by atoms with Crippen molar-refractivity contribution < 1.29 is 4.74 Å². The number of nitrogens with one attached hydrogen (secondary N) is 1. The lowest BCUT2D eigenvalue weighted by atomic mass is 10.1. The maximum absolute atomic E-state index is 12.6. The number of benzene rings is 3. The number of ether oxygens (including phenoxy) is 1. The average Bonchev–Trinajstić information content (AvgIpc) is 3.35. The molecule has 5 aromatic rings. The van der Waals surface area contributed by atoms with Crippen LogP contribution in [0.25, 0.3) is 39.5 Å². The predicted octanol–water partition coefficient (Wildman–Crippen LogP) is 5.40. The standard InChI is InChI=1S/C29H21N5O2/c1-2-16-36-24-14-12-20(13-15-24)27-22(19-34(33-27)23-8-4-3-5-9-23)17-21(18-30)28-31-26-11-7-6-10-25(26)29(35)32-28/h2-15,17,19H,1,16H2,(H,31,32,35). The number of hydrogen-bond donors (Lipinski definition) is 1. The van der Waals surface area contributed by atoms with Crippen LogP contribution >= 0.6 is 0 Å². The summed E-state index contributed by atoms with van der Waals surface area (Å²) in [6.45, 7) is 4.08. The minimum Gasteiger partial charge on any atom is -0.490 e. The Morgan fingerprint density at radius 3 is 2.56 bits per heavy atom. The molecule has 0 spiro atoms. The third-order valence-electron chi connectivity index (χ3n) is 5.55. The van der Waals surface area contributed by atoms with E-state index in [0.717, 1.165) is 11.3 Å². The highest BCUT2D eigenvalue weighted by Gasteiger charge is 2.15. The Bertz CT molecular complexity index is 1670. The average molecular weight is 472 g/mol. The van der Waals surface area contributed by atoms with Gasteiger partial charge in [0.2, 0.25) is 0 Å². The van der Waals surface area contributed by atoms with Crippen LogP contribution in [0.1, 0.15) is 11.4 Å². The van der Waals surface area contributed by atoms with Crippen LogP contribution in [0.2, 0.25) is 0 Å². The van der Waals surface area contributed by atoms with Crippen LogP contribution in [0.4, 0.5) is 0 Å². The van der Waals surface area contributed by atoms with Crippen LogP contribution in [-0.2, 0) is 0 Å². The Morgan fingerprint density at radius 2 is 1.81 bits per heavy atom. The molecule has 0 aliphatic rings. The summed E-state index contributed by atoms with van der Waals surface area (Å²) < 4.78 is 7.36. The van der Waals surface area contributed by atoms with E-state index in [4.69, 9.17) is 9.84 Å². The Balaban J connectivity index is 1.63. The van der Waals surface area contributed by atoms with Gasteiger partial charge in [-0.15, -0.1) is 0 Å². The number of rotatable bonds is 7. The molecule has 3 aromatic carbocycles. The molecule has 0 atom stereocenters. The van der Waals surface area contributed by atoms with Gasteiger partial charge in [-0.3, -0.25) is 4.79 Å². The number of aromatic nitrogens is 4. The topological polar surface area (TPSA) is 96.6 Å². The minimum absolute atomic E-state index is 0.202. The van der Waals surface area contributed by atoms with Crippen molar-refractivity contribution in [3.63, 3.8) is 0 Å². The zero-order chi connectivity index (χ0) is 24.9. The highest BCUT2D eigenvalue weighted by Crippen LogP contribution is 2.28. The van der Waals surface area contributed by atoms with Crippen molar-refractivity contribution in [3.8, 4) is 28.8 Å². The molecule has 36 heavy (non-hydrogen) atoms. The predicted molar refractivity (Wildman–Crippen MR) is 141 cm³/mol. The summed E-state index contributed by atoms with van der Waals surface area (Å²) in [5.41, 5.74) is 3.53. The summed E-state index contributed by atoms with van der Waals surface area (Å²) in [6.07, 6.45) is 5.23. The van der Waals surface area contributed by atoms with Crippen LogP contribution in [0.15, 0.2) is 103 Å². The van der Waals surface area contributed by atoms with Crippen LogP contribution in [-0.4, -0.2) is 26.4 Å². The van der Waals surface area contributed by atoms with Gasteiger partial charge < -0.3 is 9.72 Å². The molecule has 1 N–H and O–H groups in total. The fourth-order valence-electron chi connectivity index (χ4n) is 3.82. The lowest BCUT2D eigenvalue weighted by molar-refractivity contribution is 0.363. The van der Waals surface area contributed by atoms with Crippen molar-refractivity contribution in [3.05, 3.63) is 119 Å². The number of hydrogen-bond acceptors (Lipinski definition) is 5. The maximum Gasteiger partial charge on any atom is 0.259 e. The second-order valence-corrected chi connectivity index (χ2v) is 7.94. The third kappa shape index (κ3) is 4.56. The Labute approximate surface area is 207 Å². The van der Waals surface area contributed by atoms with Crippen LogP contribution in [0.5, 0.6) is 5.75 Å². The van der Waals surface area contributed by atoms with Gasteiger partial charge in [-0.2, -0.15) is 10.4 Å². The number of fused-ring (bicyclic) bond motifs is 1. The van der Waals surface area contributed by atoms with E-state index in [0.29, 0.717) is 34.5 Å². The second-order valence-electron chi connectivity index (χ2n) is 7.94. The quantitative estimate of drug-likeness (QED) is 0.253. The van der Waals surface area contributed by atoms with E-state index in [-0.39, 0.29) is 17.0 Å². The highest BCUT2D eigenvalue weighted by atomic mass is 16.5. The number of aromatic amines is 1. The highest BCUT2D eigenvalue weighted by molar-refractivity contribution is 5.91. The molecule has 0 radical (unpaired) electrons. The van der Waals surface area contributed by atoms with Crippen LogP contribution < -0.4 is 10.3 Å². The van der Waals surface area contributed by atoms with E-state index in [9.17, 15) is 10.1 Å². The molecule has 0 saturated carbocycles. The zero-order valence-electron chi connectivity index (χ0n) is 19.3.